The van der Waals surface area contributed by atoms with E-state index in [1.54, 1.807) is 6.07 Å². The number of nitrogens with one attached hydrogen (secondary N) is 1. The summed E-state index contributed by atoms with van der Waals surface area (Å²) in [5.41, 5.74) is 1.64. The molecule has 2 aromatic heterocycles. The molecule has 0 radical (unpaired) electrons. The Kier molecular flexibility index (Phi) is 2.49. The standard InChI is InChI=1S/C11H13N3OS/c15-10-2-1-4-14-6-8(13-11(10)14)9-7-16-5-3-12-9/h1-2,4,6,9,12,15H,3,5,7H2. The van der Waals surface area contributed by atoms with E-state index in [0.29, 0.717) is 11.7 Å². The molecule has 1 aliphatic heterocycles. The third-order valence-electron chi connectivity index (χ3n) is 2.76. The Labute approximate surface area is 97.7 Å². The minimum absolute atomic E-state index is 0.234. The molecule has 0 aromatic carbocycles. The van der Waals surface area contributed by atoms with Gasteiger partial charge in [-0.2, -0.15) is 11.8 Å². The molecule has 1 fully saturated rings. The quantitative estimate of drug-likeness (QED) is 0.785. The van der Waals surface area contributed by atoms with Gasteiger partial charge in [0.15, 0.2) is 11.4 Å². The summed E-state index contributed by atoms with van der Waals surface area (Å²) in [6.07, 6.45) is 3.89. The molecule has 3 heterocycles. The number of pyridine rings is 1. The molecule has 1 atom stereocenters. The molecule has 0 spiro atoms. The summed E-state index contributed by atoms with van der Waals surface area (Å²) in [5, 5.41) is 13.1. The van der Waals surface area contributed by atoms with Gasteiger partial charge in [-0.3, -0.25) is 0 Å². The second-order valence-electron chi connectivity index (χ2n) is 3.87. The van der Waals surface area contributed by atoms with E-state index in [9.17, 15) is 5.11 Å². The van der Waals surface area contributed by atoms with Crippen LogP contribution in [0.3, 0.4) is 0 Å². The zero-order valence-electron chi connectivity index (χ0n) is 8.76. The van der Waals surface area contributed by atoms with Gasteiger partial charge in [-0.1, -0.05) is 0 Å². The minimum Gasteiger partial charge on any atom is -0.504 e. The highest BCUT2D eigenvalue weighted by molar-refractivity contribution is 7.99. The highest BCUT2D eigenvalue weighted by Crippen LogP contribution is 2.24. The average molecular weight is 235 g/mol. The minimum atomic E-state index is 0.234. The Balaban J connectivity index is 2.01. The lowest BCUT2D eigenvalue weighted by Gasteiger charge is -2.20. The third-order valence-corrected chi connectivity index (χ3v) is 3.82. The molecule has 0 aliphatic carbocycles. The van der Waals surface area contributed by atoms with Crippen molar-refractivity contribution in [3.63, 3.8) is 0 Å². The Hall–Kier alpha value is -1.20. The largest absolute Gasteiger partial charge is 0.504 e. The van der Waals surface area contributed by atoms with Crippen LogP contribution in [-0.2, 0) is 0 Å². The number of rotatable bonds is 1. The number of nitrogens with zero attached hydrogens (tertiary/aromatic N) is 2. The van der Waals surface area contributed by atoms with Crippen LogP contribution in [0.15, 0.2) is 24.5 Å². The molecule has 0 amide bonds. The van der Waals surface area contributed by atoms with Gasteiger partial charge in [-0.25, -0.2) is 4.98 Å². The van der Waals surface area contributed by atoms with E-state index in [0.717, 1.165) is 23.7 Å². The molecule has 1 unspecified atom stereocenters. The maximum Gasteiger partial charge on any atom is 0.179 e. The van der Waals surface area contributed by atoms with Gasteiger partial charge < -0.3 is 14.8 Å². The van der Waals surface area contributed by atoms with Gasteiger partial charge in [0.25, 0.3) is 0 Å². The van der Waals surface area contributed by atoms with Crippen LogP contribution in [0.25, 0.3) is 5.65 Å². The van der Waals surface area contributed by atoms with Gasteiger partial charge in [-0.15, -0.1) is 0 Å². The number of aromatic hydroxyl groups is 1. The highest BCUT2D eigenvalue weighted by Gasteiger charge is 2.18. The van der Waals surface area contributed by atoms with Gasteiger partial charge in [-0.05, 0) is 12.1 Å². The van der Waals surface area contributed by atoms with Crippen LogP contribution < -0.4 is 5.32 Å². The maximum absolute atomic E-state index is 9.67. The molecular formula is C11H13N3OS. The first-order chi connectivity index (χ1) is 7.84. The number of imidazole rings is 1. The SMILES string of the molecule is Oc1cccn2cc(C3CSCCN3)nc12. The molecule has 1 saturated heterocycles. The molecule has 2 aromatic rings. The molecule has 16 heavy (non-hydrogen) atoms. The van der Waals surface area contributed by atoms with Crippen LogP contribution in [0.4, 0.5) is 0 Å². The molecule has 1 aliphatic rings. The first-order valence-electron chi connectivity index (χ1n) is 5.32. The van der Waals surface area contributed by atoms with Gasteiger partial charge >= 0.3 is 0 Å². The predicted molar refractivity (Wildman–Crippen MR) is 64.9 cm³/mol. The van der Waals surface area contributed by atoms with E-state index in [4.69, 9.17) is 0 Å². The van der Waals surface area contributed by atoms with Crippen LogP contribution in [0.5, 0.6) is 5.75 Å². The van der Waals surface area contributed by atoms with Crippen molar-refractivity contribution in [3.8, 4) is 5.75 Å². The Morgan fingerprint density at radius 1 is 1.56 bits per heavy atom. The van der Waals surface area contributed by atoms with E-state index < -0.39 is 0 Å². The molecule has 3 rings (SSSR count). The lowest BCUT2D eigenvalue weighted by Crippen LogP contribution is -2.30. The fourth-order valence-electron chi connectivity index (χ4n) is 1.94. The second-order valence-corrected chi connectivity index (χ2v) is 5.02. The molecule has 4 nitrogen and oxygen atoms in total. The summed E-state index contributed by atoms with van der Waals surface area (Å²) in [6, 6.07) is 3.78. The van der Waals surface area contributed by atoms with Crippen LogP contribution in [0, 0.1) is 0 Å². The van der Waals surface area contributed by atoms with Crippen LogP contribution in [-0.4, -0.2) is 32.5 Å². The molecule has 5 heteroatoms. The summed E-state index contributed by atoms with van der Waals surface area (Å²) in [5.74, 6) is 2.44. The van der Waals surface area contributed by atoms with Gasteiger partial charge in [0, 0.05) is 30.4 Å². The van der Waals surface area contributed by atoms with E-state index in [-0.39, 0.29) is 5.75 Å². The van der Waals surface area contributed by atoms with Crippen molar-refractivity contribution in [1.29, 1.82) is 0 Å². The van der Waals surface area contributed by atoms with E-state index in [1.165, 1.54) is 0 Å². The lowest BCUT2D eigenvalue weighted by molar-refractivity contribution is 0.477. The van der Waals surface area contributed by atoms with Gasteiger partial charge in [0.1, 0.15) is 0 Å². The van der Waals surface area contributed by atoms with E-state index >= 15 is 0 Å². The second kappa shape index (κ2) is 3.99. The third kappa shape index (κ3) is 1.66. The zero-order chi connectivity index (χ0) is 11.0. The first kappa shape index (κ1) is 9.99. The zero-order valence-corrected chi connectivity index (χ0v) is 9.57. The average Bonchev–Trinajstić information content (AvgIpc) is 2.76. The molecule has 0 saturated carbocycles. The van der Waals surface area contributed by atoms with Crippen LogP contribution in [0.1, 0.15) is 11.7 Å². The van der Waals surface area contributed by atoms with E-state index in [1.807, 2.05) is 34.6 Å². The fraction of sp³-hybridized carbons (Fsp3) is 0.364. The van der Waals surface area contributed by atoms with Crippen molar-refractivity contribution in [2.45, 2.75) is 6.04 Å². The highest BCUT2D eigenvalue weighted by atomic mass is 32.2. The topological polar surface area (TPSA) is 49.6 Å². The van der Waals surface area contributed by atoms with Crippen molar-refractivity contribution >= 4 is 17.4 Å². The summed E-state index contributed by atoms with van der Waals surface area (Å²) < 4.78 is 1.87. The molecular weight excluding hydrogens is 222 g/mol. The summed E-state index contributed by atoms with van der Waals surface area (Å²) >= 11 is 1.94. The Morgan fingerprint density at radius 2 is 2.50 bits per heavy atom. The number of hydrogen-bond donors (Lipinski definition) is 2. The molecule has 0 bridgehead atoms. The van der Waals surface area contributed by atoms with Crippen molar-refractivity contribution < 1.29 is 5.11 Å². The normalized spacial score (nSPS) is 21.4. The number of fused-ring (bicyclic) bond motifs is 1. The fourth-order valence-corrected chi connectivity index (χ4v) is 2.89. The van der Waals surface area contributed by atoms with Crippen LogP contribution in [0.2, 0.25) is 0 Å². The van der Waals surface area contributed by atoms with Gasteiger partial charge in [0.05, 0.1) is 11.7 Å². The Morgan fingerprint density at radius 3 is 3.25 bits per heavy atom. The van der Waals surface area contributed by atoms with E-state index in [2.05, 4.69) is 10.3 Å². The summed E-state index contributed by atoms with van der Waals surface area (Å²) in [4.78, 5) is 4.47. The Bertz CT molecular complexity index is 505. The van der Waals surface area contributed by atoms with Crippen molar-refractivity contribution in [3.05, 3.63) is 30.2 Å². The van der Waals surface area contributed by atoms with Crippen molar-refractivity contribution in [1.82, 2.24) is 14.7 Å². The smallest absolute Gasteiger partial charge is 0.179 e. The molecule has 84 valence electrons. The monoisotopic (exact) mass is 235 g/mol. The lowest BCUT2D eigenvalue weighted by atomic mass is 10.2. The van der Waals surface area contributed by atoms with Gasteiger partial charge in [0.2, 0.25) is 0 Å². The molecule has 2 N–H and O–H groups in total. The number of aromatic nitrogens is 2. The van der Waals surface area contributed by atoms with Crippen molar-refractivity contribution in [2.75, 3.05) is 18.1 Å². The van der Waals surface area contributed by atoms with Crippen molar-refractivity contribution in [2.24, 2.45) is 0 Å². The number of hydrogen-bond acceptors (Lipinski definition) is 4. The number of thioether (sulfide) groups is 1. The summed E-state index contributed by atoms with van der Waals surface area (Å²) in [7, 11) is 0. The maximum atomic E-state index is 9.67. The summed E-state index contributed by atoms with van der Waals surface area (Å²) in [6.45, 7) is 1.02. The first-order valence-corrected chi connectivity index (χ1v) is 6.48. The van der Waals surface area contributed by atoms with Crippen LogP contribution >= 0.6 is 11.8 Å². The predicted octanol–water partition coefficient (Wildman–Crippen LogP) is 1.42.